The summed E-state index contributed by atoms with van der Waals surface area (Å²) < 4.78 is 27.9. The van der Waals surface area contributed by atoms with E-state index in [4.69, 9.17) is 29.9 Å². The predicted octanol–water partition coefficient (Wildman–Crippen LogP) is 1.19. The first kappa shape index (κ1) is 14.1. The molecule has 2 saturated heterocycles. The van der Waals surface area contributed by atoms with Crippen molar-refractivity contribution in [1.29, 1.82) is 0 Å². The highest BCUT2D eigenvalue weighted by Crippen LogP contribution is 2.57. The van der Waals surface area contributed by atoms with Crippen molar-refractivity contribution in [3.63, 3.8) is 0 Å². The van der Waals surface area contributed by atoms with E-state index in [1.807, 2.05) is 0 Å². The molecule has 2 aliphatic rings. The van der Waals surface area contributed by atoms with E-state index in [1.54, 1.807) is 0 Å². The van der Waals surface area contributed by atoms with E-state index in [1.165, 1.54) is 12.2 Å². The van der Waals surface area contributed by atoms with Crippen molar-refractivity contribution in [3.8, 4) is 0 Å². The second kappa shape index (κ2) is 5.76. The molecular formula is C7H8N2O6P2S. The molecule has 8 nitrogen and oxygen atoms in total. The Labute approximate surface area is 109 Å². The van der Waals surface area contributed by atoms with E-state index in [0.29, 0.717) is 0 Å². The van der Waals surface area contributed by atoms with Gasteiger partial charge in [-0.05, 0) is 11.8 Å². The van der Waals surface area contributed by atoms with Crippen LogP contribution in [0.5, 0.6) is 0 Å². The van der Waals surface area contributed by atoms with E-state index in [0.717, 1.165) is 0 Å². The van der Waals surface area contributed by atoms with Crippen LogP contribution >= 0.6 is 15.2 Å². The summed E-state index contributed by atoms with van der Waals surface area (Å²) in [5, 5.41) is 0. The van der Waals surface area contributed by atoms with Crippen molar-refractivity contribution in [2.24, 2.45) is 14.9 Å². The van der Waals surface area contributed by atoms with Gasteiger partial charge in [0.05, 0.1) is 31.8 Å². The van der Waals surface area contributed by atoms with E-state index in [9.17, 15) is 9.59 Å². The third-order valence-electron chi connectivity index (χ3n) is 2.32. The van der Waals surface area contributed by atoms with Crippen LogP contribution in [0.25, 0.3) is 0 Å². The first-order chi connectivity index (χ1) is 8.61. The van der Waals surface area contributed by atoms with Gasteiger partial charge < -0.3 is 18.1 Å². The molecule has 0 bridgehead atoms. The number of isocyanates is 2. The summed E-state index contributed by atoms with van der Waals surface area (Å²) in [4.78, 5) is 20.2. The van der Waals surface area contributed by atoms with Crippen LogP contribution in [0, 0.1) is 5.41 Å². The van der Waals surface area contributed by atoms with Gasteiger partial charge in [0.15, 0.2) is 0 Å². The molecule has 0 radical (unpaired) electrons. The van der Waals surface area contributed by atoms with E-state index >= 15 is 0 Å². The van der Waals surface area contributed by atoms with Crippen molar-refractivity contribution in [1.82, 2.24) is 0 Å². The highest BCUT2D eigenvalue weighted by Gasteiger charge is 2.44. The minimum atomic E-state index is -2.89. The van der Waals surface area contributed by atoms with Crippen molar-refractivity contribution in [2.45, 2.75) is 0 Å². The zero-order valence-electron chi connectivity index (χ0n) is 8.98. The number of carbonyl (C=O) groups excluding carboxylic acids is 2. The quantitative estimate of drug-likeness (QED) is 0.429. The maximum Gasteiger partial charge on any atom is 0.321 e. The third kappa shape index (κ3) is 3.16. The second-order valence-electron chi connectivity index (χ2n) is 3.68. The fourth-order valence-electron chi connectivity index (χ4n) is 1.34. The molecule has 0 aliphatic carbocycles. The lowest BCUT2D eigenvalue weighted by Crippen LogP contribution is -2.44. The third-order valence-corrected chi connectivity index (χ3v) is 5.38. The molecular weight excluding hydrogens is 302 g/mol. The van der Waals surface area contributed by atoms with Gasteiger partial charge in [-0.3, -0.25) is 0 Å². The van der Waals surface area contributed by atoms with E-state index in [2.05, 4.69) is 9.53 Å². The Morgan fingerprint density at radius 3 is 2.22 bits per heavy atom. The van der Waals surface area contributed by atoms with E-state index < -0.39 is 20.6 Å². The van der Waals surface area contributed by atoms with Crippen LogP contribution in [0.15, 0.2) is 9.53 Å². The molecule has 11 heteroatoms. The molecule has 0 aromatic heterocycles. The molecule has 2 aliphatic heterocycles. The Morgan fingerprint density at radius 2 is 1.72 bits per heavy atom. The molecule has 1 spiro atoms. The molecule has 2 rings (SSSR count). The molecule has 0 N–H and O–H groups in total. The summed E-state index contributed by atoms with van der Waals surface area (Å²) in [5.74, 6) is 0. The highest BCUT2D eigenvalue weighted by molar-refractivity contribution is 8.09. The molecule has 0 saturated carbocycles. The average Bonchev–Trinajstić information content (AvgIpc) is 2.37. The Balaban J connectivity index is 1.96. The smallest absolute Gasteiger partial charge is 0.315 e. The number of rotatable bonds is 2. The normalized spacial score (nSPS) is 39.7. The Bertz CT molecular complexity index is 453. The van der Waals surface area contributed by atoms with Gasteiger partial charge in [0.2, 0.25) is 12.2 Å². The molecule has 0 aromatic carbocycles. The summed E-state index contributed by atoms with van der Waals surface area (Å²) in [6.45, 7) is -1.93. The largest absolute Gasteiger partial charge is 0.321 e. The first-order valence-corrected chi connectivity index (χ1v) is 8.46. The maximum atomic E-state index is 10.2. The predicted molar refractivity (Wildman–Crippen MR) is 63.7 cm³/mol. The van der Waals surface area contributed by atoms with Gasteiger partial charge in [-0.2, -0.15) is 0 Å². The summed E-state index contributed by atoms with van der Waals surface area (Å²) in [5.41, 5.74) is -0.502. The molecule has 0 aromatic rings. The molecule has 0 unspecified atom stereocenters. The van der Waals surface area contributed by atoms with Gasteiger partial charge in [0.1, 0.15) is 0 Å². The minimum absolute atomic E-state index is 0.212. The average molecular weight is 310 g/mol. The summed E-state index contributed by atoms with van der Waals surface area (Å²) >= 11 is 4.96. The molecule has 98 valence electrons. The number of nitrogens with zero attached hydrogens (tertiary/aromatic N) is 2. The summed E-state index contributed by atoms with van der Waals surface area (Å²) in [6, 6.07) is 0. The molecule has 2 fully saturated rings. The molecule has 0 amide bonds. The van der Waals surface area contributed by atoms with Crippen molar-refractivity contribution >= 4 is 39.1 Å². The fraction of sp³-hybridized carbons (Fsp3) is 0.714. The van der Waals surface area contributed by atoms with Gasteiger partial charge in [-0.1, -0.05) is 0 Å². The van der Waals surface area contributed by atoms with Gasteiger partial charge >= 0.3 is 15.2 Å². The standard InChI is InChI=1S/C7H8N2O6P2S/c10-5-8-16-12-1-7(2-13-16)3-14-17(18,9-6-11)15-4-7/h1-4H2. The van der Waals surface area contributed by atoms with E-state index in [-0.39, 0.29) is 26.4 Å². The minimum Gasteiger partial charge on any atom is -0.315 e. The van der Waals surface area contributed by atoms with Gasteiger partial charge in [-0.25, -0.2) is 9.59 Å². The summed E-state index contributed by atoms with van der Waals surface area (Å²) in [6.07, 6.45) is 2.73. The number of hydrogen-bond donors (Lipinski definition) is 0. The van der Waals surface area contributed by atoms with Crippen LogP contribution < -0.4 is 0 Å². The zero-order valence-corrected chi connectivity index (χ0v) is 11.6. The fourth-order valence-corrected chi connectivity index (χ4v) is 3.95. The van der Waals surface area contributed by atoms with Crippen LogP contribution in [0.2, 0.25) is 0 Å². The SMILES string of the molecule is O=C=NP1OCC2(CO1)COP(=S)(N=C=O)OC2. The lowest BCUT2D eigenvalue weighted by Gasteiger charge is -2.41. The maximum absolute atomic E-state index is 10.2. The van der Waals surface area contributed by atoms with Crippen LogP contribution in [0.1, 0.15) is 0 Å². The molecule has 2 heterocycles. The Kier molecular flexibility index (Phi) is 4.51. The van der Waals surface area contributed by atoms with Crippen molar-refractivity contribution in [3.05, 3.63) is 0 Å². The zero-order chi connectivity index (χ0) is 13.1. The van der Waals surface area contributed by atoms with Crippen molar-refractivity contribution < 1.29 is 27.7 Å². The lowest BCUT2D eigenvalue weighted by molar-refractivity contribution is -0.0536. The van der Waals surface area contributed by atoms with Gasteiger partial charge in [-0.15, -0.1) is 9.53 Å². The summed E-state index contributed by atoms with van der Waals surface area (Å²) in [7, 11) is -1.57. The van der Waals surface area contributed by atoms with Gasteiger partial charge in [0.25, 0.3) is 0 Å². The van der Waals surface area contributed by atoms with Crippen LogP contribution in [0.3, 0.4) is 0 Å². The van der Waals surface area contributed by atoms with Gasteiger partial charge in [0, 0.05) is 0 Å². The van der Waals surface area contributed by atoms with Crippen LogP contribution in [-0.2, 0) is 39.5 Å². The Morgan fingerprint density at radius 1 is 1.11 bits per heavy atom. The van der Waals surface area contributed by atoms with Crippen LogP contribution in [-0.4, -0.2) is 38.6 Å². The monoisotopic (exact) mass is 310 g/mol. The lowest BCUT2D eigenvalue weighted by atomic mass is 9.93. The van der Waals surface area contributed by atoms with Crippen molar-refractivity contribution in [2.75, 3.05) is 26.4 Å². The molecule has 18 heavy (non-hydrogen) atoms. The topological polar surface area (TPSA) is 95.8 Å². The second-order valence-corrected chi connectivity index (χ2v) is 7.91. The highest BCUT2D eigenvalue weighted by atomic mass is 32.5. The van der Waals surface area contributed by atoms with Crippen LogP contribution in [0.4, 0.5) is 0 Å². The molecule has 0 atom stereocenters. The Hall–Kier alpha value is -0.320. The number of hydrogen-bond acceptors (Lipinski definition) is 8. The first-order valence-electron chi connectivity index (χ1n) is 4.74.